The Balaban J connectivity index is 1.25. The van der Waals surface area contributed by atoms with Crippen molar-refractivity contribution < 1.29 is 27.2 Å². The lowest BCUT2D eigenvalue weighted by molar-refractivity contribution is -0.145. The van der Waals surface area contributed by atoms with Crippen molar-refractivity contribution in [3.8, 4) is 0 Å². The number of likely N-dealkylation sites (tertiary alicyclic amines) is 2. The van der Waals surface area contributed by atoms with Crippen molar-refractivity contribution in [3.63, 3.8) is 0 Å². The Morgan fingerprint density at radius 2 is 1.59 bits per heavy atom. The molecule has 2 atom stereocenters. The lowest BCUT2D eigenvalue weighted by Crippen LogP contribution is -2.62. The summed E-state index contributed by atoms with van der Waals surface area (Å²) in [6, 6.07) is 10.3. The Kier molecular flexibility index (Phi) is 5.47. The van der Waals surface area contributed by atoms with E-state index in [4.69, 9.17) is 0 Å². The first-order valence-electron chi connectivity index (χ1n) is 10.9. The van der Waals surface area contributed by atoms with Crippen LogP contribution in [0, 0.1) is 17.7 Å². The van der Waals surface area contributed by atoms with E-state index < -0.39 is 15.8 Å². The predicted octanol–water partition coefficient (Wildman–Crippen LogP) is 2.40. The summed E-state index contributed by atoms with van der Waals surface area (Å²) in [5.74, 6) is -1.93. The SMILES string of the molecule is O=C(c1cccc(NS(=O)(=O)c2cccc(F)c2)c1)N1CC(N2C(=O)C3CC=CCC3C2=O)C1. The first-order valence-corrected chi connectivity index (χ1v) is 12.4. The van der Waals surface area contributed by atoms with Crippen molar-refractivity contribution in [3.05, 3.63) is 72.1 Å². The van der Waals surface area contributed by atoms with Gasteiger partial charge in [-0.3, -0.25) is 24.0 Å². The fraction of sp³-hybridized carbons (Fsp3) is 0.292. The smallest absolute Gasteiger partial charge is 0.261 e. The number of fused-ring (bicyclic) bond motifs is 1. The van der Waals surface area contributed by atoms with E-state index in [0.717, 1.165) is 12.1 Å². The highest BCUT2D eigenvalue weighted by atomic mass is 32.2. The largest absolute Gasteiger partial charge is 0.334 e. The molecule has 2 aromatic carbocycles. The number of amides is 3. The van der Waals surface area contributed by atoms with Gasteiger partial charge in [-0.15, -0.1) is 0 Å². The normalized spacial score (nSPS) is 22.5. The average Bonchev–Trinajstić information content (AvgIpc) is 3.03. The van der Waals surface area contributed by atoms with Gasteiger partial charge < -0.3 is 4.90 Å². The summed E-state index contributed by atoms with van der Waals surface area (Å²) in [4.78, 5) is 41.0. The van der Waals surface area contributed by atoms with E-state index in [1.54, 1.807) is 12.1 Å². The number of imide groups is 1. The summed E-state index contributed by atoms with van der Waals surface area (Å²) in [6.45, 7) is 0.477. The van der Waals surface area contributed by atoms with Gasteiger partial charge in [0.25, 0.3) is 15.9 Å². The van der Waals surface area contributed by atoms with Crippen molar-refractivity contribution in [1.82, 2.24) is 9.80 Å². The number of halogens is 1. The van der Waals surface area contributed by atoms with Crippen LogP contribution in [0.4, 0.5) is 10.1 Å². The number of hydrogen-bond acceptors (Lipinski definition) is 5. The van der Waals surface area contributed by atoms with E-state index >= 15 is 0 Å². The number of carbonyl (C=O) groups is 3. The van der Waals surface area contributed by atoms with Crippen molar-refractivity contribution in [2.75, 3.05) is 17.8 Å². The highest BCUT2D eigenvalue weighted by Crippen LogP contribution is 2.37. The molecule has 0 spiro atoms. The molecule has 8 nitrogen and oxygen atoms in total. The monoisotopic (exact) mass is 483 g/mol. The topological polar surface area (TPSA) is 104 Å². The fourth-order valence-corrected chi connectivity index (χ4v) is 5.80. The second kappa shape index (κ2) is 8.35. The molecule has 176 valence electrons. The molecule has 10 heteroatoms. The molecule has 2 saturated heterocycles. The third kappa shape index (κ3) is 3.87. The lowest BCUT2D eigenvalue weighted by atomic mass is 9.85. The second-order valence-electron chi connectivity index (χ2n) is 8.71. The van der Waals surface area contributed by atoms with Gasteiger partial charge in [-0.05, 0) is 49.2 Å². The van der Waals surface area contributed by atoms with Crippen molar-refractivity contribution >= 4 is 33.4 Å². The molecule has 2 unspecified atom stereocenters. The van der Waals surface area contributed by atoms with Crippen LogP contribution in [0.2, 0.25) is 0 Å². The number of allylic oxidation sites excluding steroid dienone is 2. The van der Waals surface area contributed by atoms with Crippen LogP contribution in [-0.4, -0.2) is 55.1 Å². The molecular formula is C24H22FN3O5S. The minimum absolute atomic E-state index is 0.161. The Morgan fingerprint density at radius 1 is 0.941 bits per heavy atom. The Morgan fingerprint density at radius 3 is 2.24 bits per heavy atom. The van der Waals surface area contributed by atoms with Gasteiger partial charge in [-0.1, -0.05) is 24.3 Å². The second-order valence-corrected chi connectivity index (χ2v) is 10.4. The molecule has 2 fully saturated rings. The highest BCUT2D eigenvalue weighted by molar-refractivity contribution is 7.92. The molecule has 0 bridgehead atoms. The van der Waals surface area contributed by atoms with Crippen LogP contribution in [0.5, 0.6) is 0 Å². The summed E-state index contributed by atoms with van der Waals surface area (Å²) in [5, 5.41) is 0. The van der Waals surface area contributed by atoms with Gasteiger partial charge in [0.15, 0.2) is 0 Å². The van der Waals surface area contributed by atoms with Crippen LogP contribution in [0.1, 0.15) is 23.2 Å². The maximum atomic E-state index is 13.4. The van der Waals surface area contributed by atoms with E-state index in [9.17, 15) is 27.2 Å². The van der Waals surface area contributed by atoms with Crippen LogP contribution in [0.25, 0.3) is 0 Å². The van der Waals surface area contributed by atoms with E-state index in [1.165, 1.54) is 34.1 Å². The van der Waals surface area contributed by atoms with Gasteiger partial charge in [-0.25, -0.2) is 12.8 Å². The number of anilines is 1. The zero-order chi connectivity index (χ0) is 24.0. The summed E-state index contributed by atoms with van der Waals surface area (Å²) >= 11 is 0. The number of rotatable bonds is 5. The van der Waals surface area contributed by atoms with E-state index in [-0.39, 0.29) is 64.8 Å². The molecule has 0 saturated carbocycles. The van der Waals surface area contributed by atoms with Crippen molar-refractivity contribution in [1.29, 1.82) is 0 Å². The third-order valence-corrected chi connectivity index (χ3v) is 7.90. The van der Waals surface area contributed by atoms with E-state index in [2.05, 4.69) is 4.72 Å². The van der Waals surface area contributed by atoms with Crippen LogP contribution in [0.3, 0.4) is 0 Å². The van der Waals surface area contributed by atoms with Crippen LogP contribution >= 0.6 is 0 Å². The van der Waals surface area contributed by atoms with Gasteiger partial charge in [0.2, 0.25) is 11.8 Å². The first kappa shape index (κ1) is 22.3. The predicted molar refractivity (Wildman–Crippen MR) is 121 cm³/mol. The maximum Gasteiger partial charge on any atom is 0.261 e. The molecule has 2 aliphatic heterocycles. The molecular weight excluding hydrogens is 461 g/mol. The number of sulfonamides is 1. The van der Waals surface area contributed by atoms with Crippen molar-refractivity contribution in [2.45, 2.75) is 23.8 Å². The van der Waals surface area contributed by atoms with E-state index in [0.29, 0.717) is 12.8 Å². The number of nitrogens with one attached hydrogen (secondary N) is 1. The molecule has 0 radical (unpaired) electrons. The summed E-state index contributed by atoms with van der Waals surface area (Å²) < 4.78 is 40.9. The number of nitrogens with zero attached hydrogens (tertiary/aromatic N) is 2. The van der Waals surface area contributed by atoms with Crippen LogP contribution in [0.15, 0.2) is 65.6 Å². The summed E-state index contributed by atoms with van der Waals surface area (Å²) in [6.07, 6.45) is 5.00. The van der Waals surface area contributed by atoms with Crippen molar-refractivity contribution in [2.24, 2.45) is 11.8 Å². The summed E-state index contributed by atoms with van der Waals surface area (Å²) in [7, 11) is -4.03. The zero-order valence-corrected chi connectivity index (χ0v) is 18.9. The summed E-state index contributed by atoms with van der Waals surface area (Å²) in [5.41, 5.74) is 0.420. The van der Waals surface area contributed by atoms with Gasteiger partial charge in [-0.2, -0.15) is 0 Å². The Labute approximate surface area is 196 Å². The Bertz CT molecular complexity index is 1290. The number of hydrogen-bond donors (Lipinski definition) is 1. The minimum Gasteiger partial charge on any atom is -0.334 e. The minimum atomic E-state index is -4.03. The molecule has 2 aromatic rings. The maximum absolute atomic E-state index is 13.4. The van der Waals surface area contributed by atoms with Gasteiger partial charge >= 0.3 is 0 Å². The molecule has 0 aromatic heterocycles. The van der Waals surface area contributed by atoms with Gasteiger partial charge in [0, 0.05) is 24.3 Å². The number of carbonyl (C=O) groups excluding carboxylic acids is 3. The lowest BCUT2D eigenvalue weighted by Gasteiger charge is -2.43. The Hall–Kier alpha value is -3.53. The molecule has 3 amide bonds. The zero-order valence-electron chi connectivity index (χ0n) is 18.1. The van der Waals surface area contributed by atoms with Crippen LogP contribution in [-0.2, 0) is 19.6 Å². The van der Waals surface area contributed by atoms with Crippen LogP contribution < -0.4 is 4.72 Å². The quantitative estimate of drug-likeness (QED) is 0.520. The molecule has 3 aliphatic rings. The van der Waals surface area contributed by atoms with Gasteiger partial charge in [0.05, 0.1) is 22.8 Å². The third-order valence-electron chi connectivity index (χ3n) is 6.52. The molecule has 1 N–H and O–H groups in total. The average molecular weight is 484 g/mol. The fourth-order valence-electron chi connectivity index (χ4n) is 4.72. The highest BCUT2D eigenvalue weighted by Gasteiger charge is 2.52. The van der Waals surface area contributed by atoms with E-state index in [1.807, 2.05) is 12.2 Å². The molecule has 2 heterocycles. The standard InChI is InChI=1S/C24H22FN3O5S/c25-16-6-4-8-19(12-16)34(32,33)26-17-7-3-5-15(11-17)22(29)27-13-18(14-27)28-23(30)20-9-1-2-10-21(20)24(28)31/h1-8,11-12,18,20-21,26H,9-10,13-14H2. The molecule has 1 aliphatic carbocycles. The number of benzene rings is 2. The first-order chi connectivity index (χ1) is 16.2. The molecule has 5 rings (SSSR count). The molecule has 34 heavy (non-hydrogen) atoms. The van der Waals surface area contributed by atoms with Gasteiger partial charge in [0.1, 0.15) is 5.82 Å².